The number of hydrogen-bond acceptors (Lipinski definition) is 5. The van der Waals surface area contributed by atoms with Crippen LogP contribution in [0.2, 0.25) is 5.02 Å². The minimum absolute atomic E-state index is 0. The van der Waals surface area contributed by atoms with Gasteiger partial charge in [-0.05, 0) is 37.2 Å². The maximum Gasteiger partial charge on any atom is 0.255 e. The van der Waals surface area contributed by atoms with Crippen LogP contribution in [-0.4, -0.2) is 78.6 Å². The molecule has 150 valence electrons. The Hall–Kier alpha value is -0.990. The number of benzene rings is 1. The highest BCUT2D eigenvalue weighted by atomic mass is 35.5. The molecule has 2 heterocycles. The van der Waals surface area contributed by atoms with Crippen molar-refractivity contribution in [1.82, 2.24) is 20.4 Å². The summed E-state index contributed by atoms with van der Waals surface area (Å²) in [6.07, 6.45) is 0.927. The number of amides is 2. The second-order valence-electron chi connectivity index (χ2n) is 6.53. The SMILES string of the molecule is Cl.O=C(NCCCN1CCNCC1)C1CSCN1C(=O)c1ccc(Cl)cc1. The van der Waals surface area contributed by atoms with E-state index in [4.69, 9.17) is 11.6 Å². The summed E-state index contributed by atoms with van der Waals surface area (Å²) in [7, 11) is 0. The molecule has 3 rings (SSSR count). The van der Waals surface area contributed by atoms with Gasteiger partial charge in [0.2, 0.25) is 5.91 Å². The number of hydrogen-bond donors (Lipinski definition) is 2. The van der Waals surface area contributed by atoms with Crippen LogP contribution in [0, 0.1) is 0 Å². The molecule has 9 heteroatoms. The number of nitrogens with zero attached hydrogens (tertiary/aromatic N) is 2. The average molecular weight is 433 g/mol. The Morgan fingerprint density at radius 2 is 1.93 bits per heavy atom. The van der Waals surface area contributed by atoms with Gasteiger partial charge < -0.3 is 20.4 Å². The Labute approximate surface area is 175 Å². The molecular weight excluding hydrogens is 407 g/mol. The van der Waals surface area contributed by atoms with Crippen LogP contribution in [-0.2, 0) is 4.79 Å². The van der Waals surface area contributed by atoms with E-state index >= 15 is 0 Å². The molecule has 1 unspecified atom stereocenters. The van der Waals surface area contributed by atoms with Crippen molar-refractivity contribution >= 4 is 47.6 Å². The highest BCUT2D eigenvalue weighted by molar-refractivity contribution is 7.99. The van der Waals surface area contributed by atoms with Gasteiger partial charge >= 0.3 is 0 Å². The fourth-order valence-corrected chi connectivity index (χ4v) is 4.46. The van der Waals surface area contributed by atoms with Crippen molar-refractivity contribution in [2.45, 2.75) is 12.5 Å². The van der Waals surface area contributed by atoms with Gasteiger partial charge in [0, 0.05) is 49.1 Å². The second kappa shape index (κ2) is 11.1. The van der Waals surface area contributed by atoms with Gasteiger partial charge in [-0.3, -0.25) is 9.59 Å². The molecule has 27 heavy (non-hydrogen) atoms. The van der Waals surface area contributed by atoms with Crippen LogP contribution in [0.25, 0.3) is 0 Å². The molecule has 0 saturated carbocycles. The highest BCUT2D eigenvalue weighted by Crippen LogP contribution is 2.24. The predicted molar refractivity (Wildman–Crippen MR) is 113 cm³/mol. The van der Waals surface area contributed by atoms with E-state index in [1.54, 1.807) is 40.9 Å². The number of thioether (sulfide) groups is 1. The fourth-order valence-electron chi connectivity index (χ4n) is 3.19. The Kier molecular flexibility index (Phi) is 9.18. The van der Waals surface area contributed by atoms with Gasteiger partial charge in [-0.15, -0.1) is 24.2 Å². The number of carbonyl (C=O) groups is 2. The summed E-state index contributed by atoms with van der Waals surface area (Å²) >= 11 is 7.49. The largest absolute Gasteiger partial charge is 0.354 e. The molecule has 2 saturated heterocycles. The molecule has 1 atom stereocenters. The van der Waals surface area contributed by atoms with Crippen molar-refractivity contribution in [3.63, 3.8) is 0 Å². The van der Waals surface area contributed by atoms with Gasteiger partial charge in [-0.1, -0.05) is 11.6 Å². The van der Waals surface area contributed by atoms with E-state index in [1.807, 2.05) is 0 Å². The van der Waals surface area contributed by atoms with Crippen LogP contribution in [0.15, 0.2) is 24.3 Å². The molecule has 0 spiro atoms. The zero-order valence-electron chi connectivity index (χ0n) is 15.2. The lowest BCUT2D eigenvalue weighted by Crippen LogP contribution is -2.48. The van der Waals surface area contributed by atoms with Crippen LogP contribution in [0.5, 0.6) is 0 Å². The summed E-state index contributed by atoms with van der Waals surface area (Å²) < 4.78 is 0. The van der Waals surface area contributed by atoms with Crippen molar-refractivity contribution in [3.8, 4) is 0 Å². The van der Waals surface area contributed by atoms with Crippen LogP contribution in [0.1, 0.15) is 16.8 Å². The Balaban J connectivity index is 0.00000261. The Bertz CT molecular complexity index is 626. The van der Waals surface area contributed by atoms with Crippen molar-refractivity contribution in [2.75, 3.05) is 50.9 Å². The third-order valence-corrected chi connectivity index (χ3v) is 5.96. The van der Waals surface area contributed by atoms with E-state index in [-0.39, 0.29) is 24.2 Å². The summed E-state index contributed by atoms with van der Waals surface area (Å²) in [5.41, 5.74) is 0.563. The third-order valence-electron chi connectivity index (χ3n) is 4.70. The molecule has 2 amide bonds. The van der Waals surface area contributed by atoms with E-state index in [0.717, 1.165) is 39.1 Å². The lowest BCUT2D eigenvalue weighted by Gasteiger charge is -2.27. The molecule has 0 aromatic heterocycles. The summed E-state index contributed by atoms with van der Waals surface area (Å²) in [5, 5.41) is 6.93. The zero-order valence-corrected chi connectivity index (χ0v) is 17.5. The van der Waals surface area contributed by atoms with Gasteiger partial charge in [0.05, 0.1) is 5.88 Å². The molecule has 1 aromatic carbocycles. The normalized spacial score (nSPS) is 20.2. The van der Waals surface area contributed by atoms with Crippen molar-refractivity contribution in [2.24, 2.45) is 0 Å². The average Bonchev–Trinajstić information content (AvgIpc) is 3.16. The van der Waals surface area contributed by atoms with E-state index in [0.29, 0.717) is 28.8 Å². The smallest absolute Gasteiger partial charge is 0.255 e. The van der Waals surface area contributed by atoms with Gasteiger partial charge in [0.25, 0.3) is 5.91 Å². The first kappa shape index (κ1) is 22.3. The third kappa shape index (κ3) is 6.26. The first-order valence-electron chi connectivity index (χ1n) is 9.00. The topological polar surface area (TPSA) is 64.7 Å². The molecule has 2 aliphatic rings. The Morgan fingerprint density at radius 3 is 2.63 bits per heavy atom. The molecule has 1 aromatic rings. The number of carbonyl (C=O) groups excluding carboxylic acids is 2. The second-order valence-corrected chi connectivity index (χ2v) is 7.97. The van der Waals surface area contributed by atoms with Gasteiger partial charge in [0.15, 0.2) is 0 Å². The van der Waals surface area contributed by atoms with E-state index in [9.17, 15) is 9.59 Å². The quantitative estimate of drug-likeness (QED) is 0.669. The molecule has 0 radical (unpaired) electrons. The van der Waals surface area contributed by atoms with Crippen molar-refractivity contribution in [1.29, 1.82) is 0 Å². The molecule has 6 nitrogen and oxygen atoms in total. The maximum absolute atomic E-state index is 12.7. The van der Waals surface area contributed by atoms with E-state index < -0.39 is 6.04 Å². The minimum Gasteiger partial charge on any atom is -0.354 e. The van der Waals surface area contributed by atoms with Crippen molar-refractivity contribution in [3.05, 3.63) is 34.9 Å². The predicted octanol–water partition coefficient (Wildman–Crippen LogP) is 1.69. The molecule has 2 fully saturated rings. The summed E-state index contributed by atoms with van der Waals surface area (Å²) in [4.78, 5) is 29.3. The number of nitrogens with one attached hydrogen (secondary N) is 2. The van der Waals surface area contributed by atoms with Gasteiger partial charge in [-0.25, -0.2) is 0 Å². The number of halogens is 2. The van der Waals surface area contributed by atoms with Gasteiger partial charge in [-0.2, -0.15) is 0 Å². The molecule has 2 N–H and O–H groups in total. The molecule has 0 bridgehead atoms. The number of rotatable bonds is 6. The molecule has 0 aliphatic carbocycles. The molecular formula is C18H26Cl2N4O2S. The number of piperazine rings is 1. The van der Waals surface area contributed by atoms with E-state index in [2.05, 4.69) is 15.5 Å². The summed E-state index contributed by atoms with van der Waals surface area (Å²) in [6, 6.07) is 6.40. The highest BCUT2D eigenvalue weighted by Gasteiger charge is 2.34. The fraction of sp³-hybridized carbons (Fsp3) is 0.556. The van der Waals surface area contributed by atoms with Crippen LogP contribution in [0.3, 0.4) is 0 Å². The Morgan fingerprint density at radius 1 is 1.22 bits per heavy atom. The summed E-state index contributed by atoms with van der Waals surface area (Å²) in [5.74, 6) is 1.01. The van der Waals surface area contributed by atoms with Crippen LogP contribution < -0.4 is 10.6 Å². The van der Waals surface area contributed by atoms with Crippen LogP contribution >= 0.6 is 35.8 Å². The minimum atomic E-state index is -0.401. The van der Waals surface area contributed by atoms with Crippen LogP contribution in [0.4, 0.5) is 0 Å². The maximum atomic E-state index is 12.7. The standard InChI is InChI=1S/C18H25ClN4O2S.ClH/c19-15-4-2-14(3-5-15)18(25)23-13-26-12-16(23)17(24)21-6-1-9-22-10-7-20-8-11-22;/h2-5,16,20H,1,6-13H2,(H,21,24);1H. The first-order valence-corrected chi connectivity index (χ1v) is 10.5. The van der Waals surface area contributed by atoms with Gasteiger partial charge in [0.1, 0.15) is 6.04 Å². The van der Waals surface area contributed by atoms with Crippen molar-refractivity contribution < 1.29 is 9.59 Å². The molecule has 2 aliphatic heterocycles. The zero-order chi connectivity index (χ0) is 18.4. The lowest BCUT2D eigenvalue weighted by atomic mass is 10.1. The summed E-state index contributed by atoms with van der Waals surface area (Å²) in [6.45, 7) is 5.84. The monoisotopic (exact) mass is 432 g/mol. The first-order chi connectivity index (χ1) is 12.6. The van der Waals surface area contributed by atoms with E-state index in [1.165, 1.54) is 0 Å². The lowest BCUT2D eigenvalue weighted by molar-refractivity contribution is -0.124.